The Morgan fingerprint density at radius 3 is 2.60 bits per heavy atom. The molecule has 0 aliphatic heterocycles. The summed E-state index contributed by atoms with van der Waals surface area (Å²) < 4.78 is 24.0. The molecular formula is C9H15N3O2S. The Kier molecular flexibility index (Phi) is 4.07. The van der Waals surface area contributed by atoms with Gasteiger partial charge in [-0.2, -0.15) is 8.42 Å². The molecule has 1 aromatic carbocycles. The summed E-state index contributed by atoms with van der Waals surface area (Å²) in [4.78, 5) is 0. The number of hydrogen-bond donors (Lipinski definition) is 3. The van der Waals surface area contributed by atoms with Crippen molar-refractivity contribution in [3.63, 3.8) is 0 Å². The highest BCUT2D eigenvalue weighted by molar-refractivity contribution is 7.90. The summed E-state index contributed by atoms with van der Waals surface area (Å²) in [5.74, 6) is 0. The van der Waals surface area contributed by atoms with E-state index in [2.05, 4.69) is 10.0 Å². The van der Waals surface area contributed by atoms with Gasteiger partial charge < -0.3 is 5.32 Å². The van der Waals surface area contributed by atoms with E-state index in [0.717, 1.165) is 12.1 Å². The summed E-state index contributed by atoms with van der Waals surface area (Å²) in [6, 6.07) is 7.12. The molecule has 1 aromatic rings. The first-order chi connectivity index (χ1) is 7.03. The molecule has 0 radical (unpaired) electrons. The van der Waals surface area contributed by atoms with E-state index in [1.54, 1.807) is 12.1 Å². The van der Waals surface area contributed by atoms with Crippen LogP contribution in [-0.4, -0.2) is 15.0 Å². The smallest absolute Gasteiger partial charge is 0.296 e. The van der Waals surface area contributed by atoms with Gasteiger partial charge in [-0.25, -0.2) is 5.14 Å². The minimum absolute atomic E-state index is 0.515. The number of rotatable bonds is 5. The highest BCUT2D eigenvalue weighted by Crippen LogP contribution is 2.15. The van der Waals surface area contributed by atoms with Crippen LogP contribution in [0.25, 0.3) is 0 Å². The van der Waals surface area contributed by atoms with Crippen molar-refractivity contribution in [2.24, 2.45) is 5.14 Å². The lowest BCUT2D eigenvalue weighted by molar-refractivity contribution is 0.602. The Bertz CT molecular complexity index is 417. The Morgan fingerprint density at radius 2 is 2.00 bits per heavy atom. The molecule has 0 amide bonds. The Morgan fingerprint density at radius 1 is 1.33 bits per heavy atom. The standard InChI is InChI=1S/C9H15N3O2S/c1-2-11-7-8-5-3-4-6-9(8)12-15(10,13)14/h3-6,11-12H,2,7H2,1H3,(H2,10,13,14). The first-order valence-electron chi connectivity index (χ1n) is 4.62. The van der Waals surface area contributed by atoms with Gasteiger partial charge in [0.25, 0.3) is 10.2 Å². The van der Waals surface area contributed by atoms with Gasteiger partial charge in [0.1, 0.15) is 0 Å². The fourth-order valence-electron chi connectivity index (χ4n) is 1.19. The van der Waals surface area contributed by atoms with E-state index in [1.807, 2.05) is 19.1 Å². The van der Waals surface area contributed by atoms with Crippen molar-refractivity contribution in [1.29, 1.82) is 0 Å². The zero-order valence-electron chi connectivity index (χ0n) is 8.53. The van der Waals surface area contributed by atoms with Crippen molar-refractivity contribution in [3.05, 3.63) is 29.8 Å². The fraction of sp³-hybridized carbons (Fsp3) is 0.333. The van der Waals surface area contributed by atoms with Gasteiger partial charge in [-0.05, 0) is 18.2 Å². The van der Waals surface area contributed by atoms with Crippen molar-refractivity contribution >= 4 is 15.9 Å². The molecule has 0 fully saturated rings. The number of para-hydroxylation sites is 1. The predicted octanol–water partition coefficient (Wildman–Crippen LogP) is 0.412. The number of nitrogens with one attached hydrogen (secondary N) is 2. The van der Waals surface area contributed by atoms with Crippen LogP contribution in [0.4, 0.5) is 5.69 Å². The molecule has 0 bridgehead atoms. The summed E-state index contributed by atoms with van der Waals surface area (Å²) >= 11 is 0. The van der Waals surface area contributed by atoms with Crippen molar-refractivity contribution in [3.8, 4) is 0 Å². The molecule has 0 heterocycles. The van der Waals surface area contributed by atoms with Crippen LogP contribution in [0, 0.1) is 0 Å². The predicted molar refractivity (Wildman–Crippen MR) is 60.6 cm³/mol. The second-order valence-corrected chi connectivity index (χ2v) is 4.38. The third-order valence-corrected chi connectivity index (χ3v) is 2.34. The van der Waals surface area contributed by atoms with E-state index in [1.165, 1.54) is 0 Å². The molecule has 0 saturated heterocycles. The van der Waals surface area contributed by atoms with Crippen molar-refractivity contribution in [1.82, 2.24) is 5.32 Å². The molecule has 0 aromatic heterocycles. The molecule has 0 unspecified atom stereocenters. The van der Waals surface area contributed by atoms with Gasteiger partial charge in [0, 0.05) is 6.54 Å². The summed E-state index contributed by atoms with van der Waals surface area (Å²) in [5.41, 5.74) is 1.38. The first kappa shape index (κ1) is 12.0. The summed E-state index contributed by atoms with van der Waals surface area (Å²) in [7, 11) is -3.70. The van der Waals surface area contributed by atoms with Crippen LogP contribution in [0.3, 0.4) is 0 Å². The van der Waals surface area contributed by atoms with E-state index < -0.39 is 10.2 Å². The van der Waals surface area contributed by atoms with Crippen LogP contribution in [0.2, 0.25) is 0 Å². The quantitative estimate of drug-likeness (QED) is 0.683. The van der Waals surface area contributed by atoms with Gasteiger partial charge in [0.05, 0.1) is 5.69 Å². The van der Waals surface area contributed by atoms with E-state index in [0.29, 0.717) is 12.2 Å². The van der Waals surface area contributed by atoms with Crippen LogP contribution in [0.1, 0.15) is 12.5 Å². The normalized spacial score (nSPS) is 11.3. The fourth-order valence-corrected chi connectivity index (χ4v) is 1.69. The second-order valence-electron chi connectivity index (χ2n) is 3.08. The Balaban J connectivity index is 2.86. The molecule has 15 heavy (non-hydrogen) atoms. The first-order valence-corrected chi connectivity index (χ1v) is 6.16. The maximum atomic E-state index is 10.9. The lowest BCUT2D eigenvalue weighted by Crippen LogP contribution is -2.23. The maximum Gasteiger partial charge on any atom is 0.296 e. The minimum Gasteiger partial charge on any atom is -0.313 e. The van der Waals surface area contributed by atoms with Crippen LogP contribution in [0.15, 0.2) is 24.3 Å². The zero-order chi connectivity index (χ0) is 11.3. The average molecular weight is 229 g/mol. The Labute approximate surface area is 89.9 Å². The van der Waals surface area contributed by atoms with Gasteiger partial charge >= 0.3 is 0 Å². The highest BCUT2D eigenvalue weighted by Gasteiger charge is 2.06. The van der Waals surface area contributed by atoms with Crippen molar-refractivity contribution in [2.45, 2.75) is 13.5 Å². The number of anilines is 1. The van der Waals surface area contributed by atoms with E-state index in [9.17, 15) is 8.42 Å². The van der Waals surface area contributed by atoms with Crippen molar-refractivity contribution < 1.29 is 8.42 Å². The molecule has 5 nitrogen and oxygen atoms in total. The lowest BCUT2D eigenvalue weighted by atomic mass is 10.2. The van der Waals surface area contributed by atoms with E-state index >= 15 is 0 Å². The molecule has 0 aliphatic carbocycles. The van der Waals surface area contributed by atoms with Crippen LogP contribution in [0.5, 0.6) is 0 Å². The van der Waals surface area contributed by atoms with Gasteiger partial charge in [0.15, 0.2) is 0 Å². The maximum absolute atomic E-state index is 10.9. The molecule has 0 saturated carbocycles. The molecule has 6 heteroatoms. The largest absolute Gasteiger partial charge is 0.313 e. The molecular weight excluding hydrogens is 214 g/mol. The molecule has 0 atom stereocenters. The monoisotopic (exact) mass is 229 g/mol. The van der Waals surface area contributed by atoms with Crippen LogP contribution < -0.4 is 15.2 Å². The SMILES string of the molecule is CCNCc1ccccc1NS(N)(=O)=O. The lowest BCUT2D eigenvalue weighted by Gasteiger charge is -2.10. The number of nitrogens with two attached hydrogens (primary N) is 1. The molecule has 0 aliphatic rings. The van der Waals surface area contributed by atoms with Crippen molar-refractivity contribution in [2.75, 3.05) is 11.3 Å². The van der Waals surface area contributed by atoms with Gasteiger partial charge in [-0.15, -0.1) is 0 Å². The summed E-state index contributed by atoms with van der Waals surface area (Å²) in [5, 5.41) is 8.02. The average Bonchev–Trinajstić information content (AvgIpc) is 2.14. The number of hydrogen-bond acceptors (Lipinski definition) is 3. The van der Waals surface area contributed by atoms with Gasteiger partial charge in [-0.1, -0.05) is 25.1 Å². The molecule has 84 valence electrons. The zero-order valence-corrected chi connectivity index (χ0v) is 9.34. The summed E-state index contributed by atoms with van der Waals surface area (Å²) in [6.07, 6.45) is 0. The highest BCUT2D eigenvalue weighted by atomic mass is 32.2. The molecule has 0 spiro atoms. The topological polar surface area (TPSA) is 84.2 Å². The molecule has 1 rings (SSSR count). The number of benzene rings is 1. The minimum atomic E-state index is -3.70. The third kappa shape index (κ3) is 4.28. The second kappa shape index (κ2) is 5.11. The van der Waals surface area contributed by atoms with E-state index in [4.69, 9.17) is 5.14 Å². The van der Waals surface area contributed by atoms with Gasteiger partial charge in [0.2, 0.25) is 0 Å². The van der Waals surface area contributed by atoms with Gasteiger partial charge in [-0.3, -0.25) is 4.72 Å². The van der Waals surface area contributed by atoms with Crippen LogP contribution in [-0.2, 0) is 16.8 Å². The van der Waals surface area contributed by atoms with Crippen LogP contribution >= 0.6 is 0 Å². The van der Waals surface area contributed by atoms with E-state index in [-0.39, 0.29) is 0 Å². The Hall–Kier alpha value is -1.11. The third-order valence-electron chi connectivity index (χ3n) is 1.84. The molecule has 4 N–H and O–H groups in total. The summed E-state index contributed by atoms with van der Waals surface area (Å²) in [6.45, 7) is 3.41.